The zero-order chi connectivity index (χ0) is 17.6. The monoisotopic (exact) mass is 344 g/mol. The van der Waals surface area contributed by atoms with Gasteiger partial charge in [-0.05, 0) is 69.0 Å². The molecular formula is C20H28N2O3. The van der Waals surface area contributed by atoms with Crippen molar-refractivity contribution in [3.8, 4) is 5.75 Å². The Morgan fingerprint density at radius 3 is 2.32 bits per heavy atom. The molecule has 136 valence electrons. The van der Waals surface area contributed by atoms with Crippen molar-refractivity contribution in [2.75, 3.05) is 32.8 Å². The first-order valence-corrected chi connectivity index (χ1v) is 9.42. The average molecular weight is 344 g/mol. The van der Waals surface area contributed by atoms with Crippen molar-refractivity contribution in [1.29, 1.82) is 0 Å². The SMILES string of the molecule is CCOc1ccc(C(=O)CCC(=O)N2CC[C@@H]3CNC[C@@H]3CC2)cc1. The lowest BCUT2D eigenvalue weighted by atomic mass is 9.92. The molecule has 3 rings (SSSR count). The number of benzene rings is 1. The number of hydrogen-bond donors (Lipinski definition) is 1. The molecule has 2 aliphatic rings. The van der Waals surface area contributed by atoms with Crippen LogP contribution in [0, 0.1) is 11.8 Å². The van der Waals surface area contributed by atoms with Gasteiger partial charge in [0.05, 0.1) is 6.61 Å². The van der Waals surface area contributed by atoms with Crippen LogP contribution in [-0.2, 0) is 4.79 Å². The number of ketones is 1. The number of nitrogens with one attached hydrogen (secondary N) is 1. The lowest BCUT2D eigenvalue weighted by Crippen LogP contribution is -2.32. The highest BCUT2D eigenvalue weighted by Crippen LogP contribution is 2.27. The van der Waals surface area contributed by atoms with Crippen LogP contribution in [0.4, 0.5) is 0 Å². The topological polar surface area (TPSA) is 58.6 Å². The summed E-state index contributed by atoms with van der Waals surface area (Å²) in [6.45, 7) is 6.37. The van der Waals surface area contributed by atoms with E-state index in [1.165, 1.54) is 0 Å². The maximum atomic E-state index is 12.5. The first-order valence-electron chi connectivity index (χ1n) is 9.42. The van der Waals surface area contributed by atoms with Crippen molar-refractivity contribution in [1.82, 2.24) is 10.2 Å². The maximum absolute atomic E-state index is 12.5. The van der Waals surface area contributed by atoms with Crippen LogP contribution in [0.5, 0.6) is 5.75 Å². The Morgan fingerprint density at radius 2 is 1.72 bits per heavy atom. The summed E-state index contributed by atoms with van der Waals surface area (Å²) in [6, 6.07) is 7.16. The average Bonchev–Trinajstić information content (AvgIpc) is 2.98. The molecule has 5 heteroatoms. The fourth-order valence-electron chi connectivity index (χ4n) is 3.89. The molecule has 0 bridgehead atoms. The Hall–Kier alpha value is -1.88. The van der Waals surface area contributed by atoms with E-state index in [-0.39, 0.29) is 18.1 Å². The van der Waals surface area contributed by atoms with Gasteiger partial charge in [0, 0.05) is 31.5 Å². The number of amides is 1. The zero-order valence-corrected chi connectivity index (χ0v) is 15.0. The molecule has 2 aliphatic heterocycles. The van der Waals surface area contributed by atoms with Gasteiger partial charge >= 0.3 is 0 Å². The number of rotatable bonds is 6. The predicted octanol–water partition coefficient (Wildman–Crippen LogP) is 2.51. The number of hydrogen-bond acceptors (Lipinski definition) is 4. The van der Waals surface area contributed by atoms with E-state index < -0.39 is 0 Å². The Kier molecular flexibility index (Phi) is 6.08. The Balaban J connectivity index is 1.47. The Bertz CT molecular complexity index is 585. The lowest BCUT2D eigenvalue weighted by Gasteiger charge is -2.20. The molecule has 2 fully saturated rings. The Labute approximate surface area is 149 Å². The van der Waals surface area contributed by atoms with Gasteiger partial charge in [0.1, 0.15) is 5.75 Å². The van der Waals surface area contributed by atoms with E-state index in [0.29, 0.717) is 30.4 Å². The number of ether oxygens (including phenoxy) is 1. The van der Waals surface area contributed by atoms with E-state index in [0.717, 1.165) is 44.8 Å². The molecule has 0 saturated carbocycles. The normalized spacial score (nSPS) is 23.0. The third-order valence-corrected chi connectivity index (χ3v) is 5.43. The lowest BCUT2D eigenvalue weighted by molar-refractivity contribution is -0.131. The molecule has 1 aromatic rings. The second-order valence-electron chi connectivity index (χ2n) is 7.02. The molecule has 2 heterocycles. The highest BCUT2D eigenvalue weighted by molar-refractivity contribution is 5.98. The first kappa shape index (κ1) is 17.9. The van der Waals surface area contributed by atoms with Gasteiger partial charge in [-0.25, -0.2) is 0 Å². The van der Waals surface area contributed by atoms with Gasteiger partial charge in [-0.2, -0.15) is 0 Å². The first-order chi connectivity index (χ1) is 12.2. The Morgan fingerprint density at radius 1 is 1.08 bits per heavy atom. The number of Topliss-reactive ketones (excluding diaryl/α,β-unsaturated/α-hetero) is 1. The predicted molar refractivity (Wildman–Crippen MR) is 96.8 cm³/mol. The summed E-state index contributed by atoms with van der Waals surface area (Å²) in [7, 11) is 0. The summed E-state index contributed by atoms with van der Waals surface area (Å²) in [5, 5.41) is 3.45. The largest absolute Gasteiger partial charge is 0.494 e. The van der Waals surface area contributed by atoms with Crippen LogP contribution >= 0.6 is 0 Å². The van der Waals surface area contributed by atoms with Gasteiger partial charge in [0.25, 0.3) is 0 Å². The highest BCUT2D eigenvalue weighted by atomic mass is 16.5. The summed E-state index contributed by atoms with van der Waals surface area (Å²) >= 11 is 0. The van der Waals surface area contributed by atoms with Crippen molar-refractivity contribution in [2.45, 2.75) is 32.6 Å². The van der Waals surface area contributed by atoms with E-state index >= 15 is 0 Å². The quantitative estimate of drug-likeness (QED) is 0.806. The van der Waals surface area contributed by atoms with Crippen LogP contribution in [0.1, 0.15) is 43.0 Å². The summed E-state index contributed by atoms with van der Waals surface area (Å²) in [6.07, 6.45) is 2.74. The number of fused-ring (bicyclic) bond motifs is 1. The van der Waals surface area contributed by atoms with Crippen LogP contribution in [-0.4, -0.2) is 49.4 Å². The van der Waals surface area contributed by atoms with Gasteiger partial charge in [0.15, 0.2) is 5.78 Å². The third kappa shape index (κ3) is 4.60. The number of nitrogens with zero attached hydrogens (tertiary/aromatic N) is 1. The van der Waals surface area contributed by atoms with Crippen LogP contribution in [0.2, 0.25) is 0 Å². The number of likely N-dealkylation sites (tertiary alicyclic amines) is 1. The summed E-state index contributed by atoms with van der Waals surface area (Å²) < 4.78 is 5.38. The molecule has 0 aromatic heterocycles. The molecule has 0 unspecified atom stereocenters. The third-order valence-electron chi connectivity index (χ3n) is 5.43. The highest BCUT2D eigenvalue weighted by Gasteiger charge is 2.31. The van der Waals surface area contributed by atoms with Gasteiger partial charge < -0.3 is 15.0 Å². The second kappa shape index (κ2) is 8.48. The van der Waals surface area contributed by atoms with Crippen LogP contribution in [0.3, 0.4) is 0 Å². The van der Waals surface area contributed by atoms with Gasteiger partial charge in [-0.3, -0.25) is 9.59 Å². The summed E-state index contributed by atoms with van der Waals surface area (Å²) in [5.74, 6) is 2.32. The van der Waals surface area contributed by atoms with Gasteiger partial charge in [0.2, 0.25) is 5.91 Å². The minimum Gasteiger partial charge on any atom is -0.494 e. The summed E-state index contributed by atoms with van der Waals surface area (Å²) in [4.78, 5) is 26.8. The van der Waals surface area contributed by atoms with Crippen molar-refractivity contribution in [2.24, 2.45) is 11.8 Å². The van der Waals surface area contributed by atoms with Crippen molar-refractivity contribution >= 4 is 11.7 Å². The number of carbonyl (C=O) groups is 2. The van der Waals surface area contributed by atoms with Gasteiger partial charge in [-0.1, -0.05) is 0 Å². The smallest absolute Gasteiger partial charge is 0.223 e. The standard InChI is InChI=1S/C20H28N2O3/c1-2-25-18-5-3-15(4-6-18)19(23)7-8-20(24)22-11-9-16-13-21-14-17(16)10-12-22/h3-6,16-17,21H,2,7-14H2,1H3/t16-,17+. The van der Waals surface area contributed by atoms with E-state index in [9.17, 15) is 9.59 Å². The second-order valence-corrected chi connectivity index (χ2v) is 7.02. The van der Waals surface area contributed by atoms with E-state index in [1.807, 2.05) is 11.8 Å². The maximum Gasteiger partial charge on any atom is 0.223 e. The molecule has 5 nitrogen and oxygen atoms in total. The van der Waals surface area contributed by atoms with Crippen molar-refractivity contribution in [3.63, 3.8) is 0 Å². The minimum absolute atomic E-state index is 0.0206. The molecule has 2 saturated heterocycles. The zero-order valence-electron chi connectivity index (χ0n) is 15.0. The van der Waals surface area contributed by atoms with Crippen molar-refractivity contribution < 1.29 is 14.3 Å². The fourth-order valence-corrected chi connectivity index (χ4v) is 3.89. The van der Waals surface area contributed by atoms with Gasteiger partial charge in [-0.15, -0.1) is 0 Å². The van der Waals surface area contributed by atoms with Crippen LogP contribution in [0.15, 0.2) is 24.3 Å². The molecule has 0 aliphatic carbocycles. The van der Waals surface area contributed by atoms with Crippen molar-refractivity contribution in [3.05, 3.63) is 29.8 Å². The molecule has 25 heavy (non-hydrogen) atoms. The molecule has 2 atom stereocenters. The minimum atomic E-state index is 0.0206. The molecule has 1 aromatic carbocycles. The molecule has 0 spiro atoms. The molecular weight excluding hydrogens is 316 g/mol. The molecule has 1 N–H and O–H groups in total. The van der Waals surface area contributed by atoms with Crippen LogP contribution in [0.25, 0.3) is 0 Å². The van der Waals surface area contributed by atoms with E-state index in [4.69, 9.17) is 4.74 Å². The molecule has 0 radical (unpaired) electrons. The van der Waals surface area contributed by atoms with E-state index in [2.05, 4.69) is 5.32 Å². The fraction of sp³-hybridized carbons (Fsp3) is 0.600. The number of carbonyl (C=O) groups excluding carboxylic acids is 2. The molecule has 1 amide bonds. The van der Waals surface area contributed by atoms with Crippen LogP contribution < -0.4 is 10.1 Å². The van der Waals surface area contributed by atoms with E-state index in [1.54, 1.807) is 24.3 Å². The summed E-state index contributed by atoms with van der Waals surface area (Å²) in [5.41, 5.74) is 0.646.